The van der Waals surface area contributed by atoms with Crippen molar-refractivity contribution in [3.8, 4) is 0 Å². The maximum Gasteiger partial charge on any atom is 0.328 e. The van der Waals surface area contributed by atoms with E-state index in [1.165, 1.54) is 12.1 Å². The maximum atomic E-state index is 12.9. The van der Waals surface area contributed by atoms with Gasteiger partial charge in [0.2, 0.25) is 0 Å². The number of hydrogen-bond acceptors (Lipinski definition) is 3. The molecular weight excluding hydrogens is 255 g/mol. The molecule has 0 saturated heterocycles. The van der Waals surface area contributed by atoms with E-state index in [1.54, 1.807) is 12.1 Å². The molecule has 104 valence electrons. The fraction of sp³-hybridized carbons (Fsp3) is 0.333. The Kier molecular flexibility index (Phi) is 5.74. The van der Waals surface area contributed by atoms with Crippen molar-refractivity contribution in [2.45, 2.75) is 12.5 Å². The van der Waals surface area contributed by atoms with Crippen LogP contribution in [0.2, 0.25) is 0 Å². The second-order valence-corrected chi connectivity index (χ2v) is 3.85. The van der Waals surface area contributed by atoms with Gasteiger partial charge in [-0.2, -0.15) is 0 Å². The Balaban J connectivity index is 2.33. The maximum absolute atomic E-state index is 12.9. The zero-order chi connectivity index (χ0) is 14.3. The first-order valence-corrected chi connectivity index (χ1v) is 5.65. The second kappa shape index (κ2) is 7.32. The van der Waals surface area contributed by atoms with Crippen molar-refractivity contribution in [2.75, 3.05) is 13.2 Å². The number of carboxylic acids is 1. The molecular formula is C12H15FN2O4. The lowest BCUT2D eigenvalue weighted by atomic mass is 10.1. The molecule has 0 spiro atoms. The van der Waals surface area contributed by atoms with Gasteiger partial charge in [0.25, 0.3) is 0 Å². The number of aliphatic hydroxyl groups excluding tert-OH is 1. The summed E-state index contributed by atoms with van der Waals surface area (Å²) >= 11 is 0. The Labute approximate surface area is 109 Å². The van der Waals surface area contributed by atoms with Crippen LogP contribution in [0.3, 0.4) is 0 Å². The molecule has 1 rings (SSSR count). The van der Waals surface area contributed by atoms with E-state index in [4.69, 9.17) is 10.2 Å². The lowest BCUT2D eigenvalue weighted by Gasteiger charge is -2.12. The molecule has 1 atom stereocenters. The van der Waals surface area contributed by atoms with Gasteiger partial charge >= 0.3 is 12.0 Å². The fourth-order valence-electron chi connectivity index (χ4n) is 1.41. The molecule has 2 amide bonds. The summed E-state index contributed by atoms with van der Waals surface area (Å²) in [4.78, 5) is 21.9. The molecule has 1 aromatic rings. The van der Waals surface area contributed by atoms with Crippen LogP contribution in [0.15, 0.2) is 24.3 Å². The molecule has 6 nitrogen and oxygen atoms in total. The fourth-order valence-corrected chi connectivity index (χ4v) is 1.41. The molecule has 0 bridgehead atoms. The van der Waals surface area contributed by atoms with E-state index in [2.05, 4.69) is 10.6 Å². The second-order valence-electron chi connectivity index (χ2n) is 3.85. The summed E-state index contributed by atoms with van der Waals surface area (Å²) in [6, 6.07) is 3.93. The van der Waals surface area contributed by atoms with Gasteiger partial charge in [0.1, 0.15) is 5.82 Å². The molecule has 0 aromatic heterocycles. The third kappa shape index (κ3) is 5.35. The molecule has 0 aliphatic rings. The number of halogens is 1. The largest absolute Gasteiger partial charge is 0.480 e. The van der Waals surface area contributed by atoms with Crippen molar-refractivity contribution in [1.29, 1.82) is 0 Å². The number of aliphatic hydroxyl groups is 1. The highest BCUT2D eigenvalue weighted by molar-refractivity contribution is 5.82. The van der Waals surface area contributed by atoms with Gasteiger partial charge in [0.15, 0.2) is 6.04 Å². The van der Waals surface area contributed by atoms with Crippen LogP contribution < -0.4 is 10.6 Å². The van der Waals surface area contributed by atoms with Crippen molar-refractivity contribution >= 4 is 12.0 Å². The van der Waals surface area contributed by atoms with E-state index in [-0.39, 0.29) is 12.4 Å². The molecule has 0 fully saturated rings. The third-order valence-electron chi connectivity index (χ3n) is 2.37. The predicted octanol–water partition coefficient (Wildman–Crippen LogP) is 0.113. The standard InChI is InChI=1S/C12H15FN2O4/c13-9-3-1-2-8(6-9)4-5-14-12(19)15-10(7-16)11(17)18/h1-3,6,10,16H,4-5,7H2,(H,17,18)(H2,14,15,19). The first-order chi connectivity index (χ1) is 9.02. The monoisotopic (exact) mass is 270 g/mol. The molecule has 0 aliphatic heterocycles. The summed E-state index contributed by atoms with van der Waals surface area (Å²) in [7, 11) is 0. The highest BCUT2D eigenvalue weighted by Gasteiger charge is 2.17. The highest BCUT2D eigenvalue weighted by atomic mass is 19.1. The van der Waals surface area contributed by atoms with Crippen molar-refractivity contribution < 1.29 is 24.2 Å². The zero-order valence-electron chi connectivity index (χ0n) is 10.1. The minimum absolute atomic E-state index is 0.229. The summed E-state index contributed by atoms with van der Waals surface area (Å²) in [5, 5.41) is 21.8. The number of rotatable bonds is 6. The van der Waals surface area contributed by atoms with Crippen LogP contribution in [0.5, 0.6) is 0 Å². The SMILES string of the molecule is O=C(NCCc1cccc(F)c1)NC(CO)C(=O)O. The summed E-state index contributed by atoms with van der Waals surface area (Å²) in [5.74, 6) is -1.67. The van der Waals surface area contributed by atoms with Crippen molar-refractivity contribution in [2.24, 2.45) is 0 Å². The van der Waals surface area contributed by atoms with E-state index < -0.39 is 24.6 Å². The topological polar surface area (TPSA) is 98.7 Å². The number of benzene rings is 1. The molecule has 0 radical (unpaired) electrons. The van der Waals surface area contributed by atoms with Crippen LogP contribution in [0.25, 0.3) is 0 Å². The Bertz CT molecular complexity index is 453. The van der Waals surface area contributed by atoms with Gasteiger partial charge in [-0.25, -0.2) is 14.0 Å². The summed E-state index contributed by atoms with van der Waals surface area (Å²) in [6.45, 7) is -0.459. The van der Waals surface area contributed by atoms with Crippen LogP contribution in [-0.2, 0) is 11.2 Å². The Morgan fingerprint density at radius 1 is 1.37 bits per heavy atom. The zero-order valence-corrected chi connectivity index (χ0v) is 10.1. The Morgan fingerprint density at radius 2 is 2.11 bits per heavy atom. The van der Waals surface area contributed by atoms with Crippen molar-refractivity contribution in [1.82, 2.24) is 10.6 Å². The number of nitrogens with one attached hydrogen (secondary N) is 2. The van der Waals surface area contributed by atoms with Crippen LogP contribution in [0.4, 0.5) is 9.18 Å². The molecule has 0 heterocycles. The van der Waals surface area contributed by atoms with E-state index in [0.29, 0.717) is 6.42 Å². The van der Waals surface area contributed by atoms with Gasteiger partial charge in [-0.1, -0.05) is 12.1 Å². The van der Waals surface area contributed by atoms with Gasteiger partial charge in [-0.05, 0) is 24.1 Å². The number of amides is 2. The highest BCUT2D eigenvalue weighted by Crippen LogP contribution is 2.03. The van der Waals surface area contributed by atoms with Crippen LogP contribution in [0.1, 0.15) is 5.56 Å². The lowest BCUT2D eigenvalue weighted by molar-refractivity contribution is -0.140. The molecule has 7 heteroatoms. The molecule has 19 heavy (non-hydrogen) atoms. The smallest absolute Gasteiger partial charge is 0.328 e. The first kappa shape index (κ1) is 14.9. The van der Waals surface area contributed by atoms with E-state index in [1.807, 2.05) is 0 Å². The van der Waals surface area contributed by atoms with E-state index in [0.717, 1.165) is 5.56 Å². The van der Waals surface area contributed by atoms with Gasteiger partial charge in [0.05, 0.1) is 6.61 Å². The average Bonchev–Trinajstić information content (AvgIpc) is 2.35. The minimum atomic E-state index is -1.34. The molecule has 4 N–H and O–H groups in total. The number of urea groups is 1. The molecule has 0 aliphatic carbocycles. The van der Waals surface area contributed by atoms with Crippen LogP contribution in [0, 0.1) is 5.82 Å². The minimum Gasteiger partial charge on any atom is -0.480 e. The van der Waals surface area contributed by atoms with E-state index >= 15 is 0 Å². The summed E-state index contributed by atoms with van der Waals surface area (Å²) in [5.41, 5.74) is 0.720. The predicted molar refractivity (Wildman–Crippen MR) is 65.1 cm³/mol. The van der Waals surface area contributed by atoms with Gasteiger partial charge < -0.3 is 20.8 Å². The Hall–Kier alpha value is -2.15. The summed E-state index contributed by atoms with van der Waals surface area (Å²) in [6.07, 6.45) is 0.419. The van der Waals surface area contributed by atoms with Crippen LogP contribution in [-0.4, -0.2) is 41.4 Å². The summed E-state index contributed by atoms with van der Waals surface area (Å²) < 4.78 is 12.9. The molecule has 0 saturated carbocycles. The van der Waals surface area contributed by atoms with Crippen molar-refractivity contribution in [3.05, 3.63) is 35.6 Å². The normalized spacial score (nSPS) is 11.7. The van der Waals surface area contributed by atoms with Gasteiger partial charge in [-0.3, -0.25) is 0 Å². The molecule has 1 unspecified atom stereocenters. The third-order valence-corrected chi connectivity index (χ3v) is 2.37. The quantitative estimate of drug-likeness (QED) is 0.589. The number of hydrogen-bond donors (Lipinski definition) is 4. The number of carbonyl (C=O) groups excluding carboxylic acids is 1. The van der Waals surface area contributed by atoms with Gasteiger partial charge in [0, 0.05) is 6.54 Å². The van der Waals surface area contributed by atoms with Gasteiger partial charge in [-0.15, -0.1) is 0 Å². The number of carboxylic acid groups (broad SMARTS) is 1. The molecule has 1 aromatic carbocycles. The lowest BCUT2D eigenvalue weighted by Crippen LogP contribution is -2.48. The number of aliphatic carboxylic acids is 1. The van der Waals surface area contributed by atoms with E-state index in [9.17, 15) is 14.0 Å². The average molecular weight is 270 g/mol. The number of carbonyl (C=O) groups is 2. The van der Waals surface area contributed by atoms with Crippen LogP contribution >= 0.6 is 0 Å². The Morgan fingerprint density at radius 3 is 2.68 bits per heavy atom. The first-order valence-electron chi connectivity index (χ1n) is 5.65. The van der Waals surface area contributed by atoms with Crippen molar-refractivity contribution in [3.63, 3.8) is 0 Å².